The van der Waals surface area contributed by atoms with E-state index >= 15 is 0 Å². The van der Waals surface area contributed by atoms with Crippen LogP contribution in [0.4, 0.5) is 4.39 Å². The number of aromatic nitrogens is 2. The van der Waals surface area contributed by atoms with Crippen LogP contribution in [-0.4, -0.2) is 41.4 Å². The first-order valence-electron chi connectivity index (χ1n) is 12.1. The van der Waals surface area contributed by atoms with Crippen LogP contribution in [0.2, 0.25) is 0 Å². The van der Waals surface area contributed by atoms with Gasteiger partial charge in [-0.1, -0.05) is 12.1 Å². The van der Waals surface area contributed by atoms with Gasteiger partial charge in [0.1, 0.15) is 23.4 Å². The van der Waals surface area contributed by atoms with Crippen LogP contribution in [0.3, 0.4) is 0 Å². The molecule has 0 bridgehead atoms. The van der Waals surface area contributed by atoms with Crippen molar-refractivity contribution < 1.29 is 18.7 Å². The highest BCUT2D eigenvalue weighted by Crippen LogP contribution is 2.30. The van der Waals surface area contributed by atoms with E-state index in [1.807, 2.05) is 49.4 Å². The van der Waals surface area contributed by atoms with Crippen LogP contribution >= 0.6 is 0 Å². The molecular weight excluding hydrogens is 459 g/mol. The molecule has 0 aliphatic carbocycles. The van der Waals surface area contributed by atoms with Crippen molar-refractivity contribution in [2.75, 3.05) is 13.7 Å². The van der Waals surface area contributed by atoms with Gasteiger partial charge < -0.3 is 20.1 Å². The number of nitrogens with zero attached hydrogens (tertiary/aromatic N) is 2. The number of ether oxygens (including phenoxy) is 2. The SMILES string of the molecule is COc1cccc([C@@H](Oc2ccc3c(cnn3-c3ccc(F)cc3)c2)C(C)NC(=O)[C@@H]2CCCN2)c1. The van der Waals surface area contributed by atoms with Gasteiger partial charge in [0.2, 0.25) is 5.91 Å². The highest BCUT2D eigenvalue weighted by Gasteiger charge is 2.28. The van der Waals surface area contributed by atoms with Gasteiger partial charge >= 0.3 is 0 Å². The average Bonchev–Trinajstić information content (AvgIpc) is 3.58. The zero-order valence-corrected chi connectivity index (χ0v) is 20.3. The number of amides is 1. The molecule has 1 aromatic heterocycles. The minimum Gasteiger partial charge on any atom is -0.497 e. The minimum atomic E-state index is -0.449. The van der Waals surface area contributed by atoms with E-state index in [0.717, 1.165) is 41.5 Å². The number of nitrogens with one attached hydrogen (secondary N) is 2. The van der Waals surface area contributed by atoms with E-state index in [-0.39, 0.29) is 23.8 Å². The molecule has 1 unspecified atom stereocenters. The quantitative estimate of drug-likeness (QED) is 0.381. The molecule has 1 aliphatic heterocycles. The molecule has 1 fully saturated rings. The molecule has 3 aromatic carbocycles. The van der Waals surface area contributed by atoms with Gasteiger partial charge in [-0.15, -0.1) is 0 Å². The number of benzene rings is 3. The van der Waals surface area contributed by atoms with Gasteiger partial charge in [-0.25, -0.2) is 9.07 Å². The topological polar surface area (TPSA) is 77.4 Å². The highest BCUT2D eigenvalue weighted by atomic mass is 19.1. The van der Waals surface area contributed by atoms with Crippen LogP contribution in [0.5, 0.6) is 11.5 Å². The molecule has 1 aliphatic rings. The summed E-state index contributed by atoms with van der Waals surface area (Å²) in [5, 5.41) is 11.7. The second kappa shape index (κ2) is 10.4. The molecule has 1 amide bonds. The molecular formula is C28H29FN4O3. The second-order valence-electron chi connectivity index (χ2n) is 9.01. The molecule has 186 valence electrons. The van der Waals surface area contributed by atoms with E-state index in [9.17, 15) is 9.18 Å². The Labute approximate surface area is 209 Å². The van der Waals surface area contributed by atoms with E-state index in [4.69, 9.17) is 9.47 Å². The lowest BCUT2D eigenvalue weighted by Crippen LogP contribution is -2.47. The zero-order chi connectivity index (χ0) is 25.1. The molecule has 0 spiro atoms. The smallest absolute Gasteiger partial charge is 0.237 e. The summed E-state index contributed by atoms with van der Waals surface area (Å²) in [6.07, 6.45) is 3.13. The van der Waals surface area contributed by atoms with Crippen molar-refractivity contribution >= 4 is 16.8 Å². The van der Waals surface area contributed by atoms with Crippen LogP contribution in [0, 0.1) is 5.82 Å². The van der Waals surface area contributed by atoms with Crippen molar-refractivity contribution in [3.05, 3.63) is 84.3 Å². The van der Waals surface area contributed by atoms with Gasteiger partial charge in [0.05, 0.1) is 36.6 Å². The van der Waals surface area contributed by atoms with E-state index in [1.54, 1.807) is 30.1 Å². The Hall–Kier alpha value is -3.91. The summed E-state index contributed by atoms with van der Waals surface area (Å²) < 4.78 is 27.0. The number of carbonyl (C=O) groups is 1. The van der Waals surface area contributed by atoms with Gasteiger partial charge in [-0.3, -0.25) is 4.79 Å². The minimum absolute atomic E-state index is 0.0208. The first-order chi connectivity index (χ1) is 17.5. The number of carbonyl (C=O) groups excluding carboxylic acids is 1. The standard InChI is InChI=1S/C28H29FN4O3/c1-18(32-28(34)25-7-4-14-30-25)27(19-5-3-6-23(15-19)35-2)36-24-12-13-26-20(16-24)17-31-33(26)22-10-8-21(29)9-11-22/h3,5-6,8-13,15-18,25,27,30H,4,7,14H2,1-2H3,(H,32,34)/t18?,25-,27-/m0/s1. The Bertz CT molecular complexity index is 1350. The molecule has 0 saturated carbocycles. The van der Waals surface area contributed by atoms with Crippen molar-refractivity contribution in [3.8, 4) is 17.2 Å². The lowest BCUT2D eigenvalue weighted by Gasteiger charge is -2.28. The fourth-order valence-electron chi connectivity index (χ4n) is 4.61. The van der Waals surface area contributed by atoms with E-state index < -0.39 is 6.10 Å². The monoisotopic (exact) mass is 488 g/mol. The van der Waals surface area contributed by atoms with E-state index in [2.05, 4.69) is 15.7 Å². The van der Waals surface area contributed by atoms with Crippen molar-refractivity contribution in [1.29, 1.82) is 0 Å². The van der Waals surface area contributed by atoms with Crippen LogP contribution in [0.1, 0.15) is 31.4 Å². The van der Waals surface area contributed by atoms with Crippen molar-refractivity contribution in [2.45, 2.75) is 38.0 Å². The Morgan fingerprint density at radius 3 is 2.72 bits per heavy atom. The lowest BCUT2D eigenvalue weighted by atomic mass is 10.0. The molecule has 2 heterocycles. The Balaban J connectivity index is 1.42. The average molecular weight is 489 g/mol. The van der Waals surface area contributed by atoms with Crippen LogP contribution in [0.15, 0.2) is 72.9 Å². The number of methoxy groups -OCH3 is 1. The maximum Gasteiger partial charge on any atom is 0.237 e. The normalized spacial score (nSPS) is 17.0. The summed E-state index contributed by atoms with van der Waals surface area (Å²) in [4.78, 5) is 12.8. The molecule has 1 saturated heterocycles. The number of rotatable bonds is 8. The van der Waals surface area contributed by atoms with Crippen LogP contribution in [-0.2, 0) is 4.79 Å². The highest BCUT2D eigenvalue weighted by molar-refractivity contribution is 5.83. The number of hydrogen-bond donors (Lipinski definition) is 2. The summed E-state index contributed by atoms with van der Waals surface area (Å²) in [6, 6.07) is 19.1. The van der Waals surface area contributed by atoms with Gasteiger partial charge in [-0.05, 0) is 86.5 Å². The predicted octanol–water partition coefficient (Wildman–Crippen LogP) is 4.55. The molecule has 7 nitrogen and oxygen atoms in total. The third-order valence-corrected chi connectivity index (χ3v) is 6.50. The molecule has 3 atom stereocenters. The van der Waals surface area contributed by atoms with Crippen LogP contribution in [0.25, 0.3) is 16.6 Å². The Morgan fingerprint density at radius 2 is 1.97 bits per heavy atom. The largest absolute Gasteiger partial charge is 0.497 e. The summed E-state index contributed by atoms with van der Waals surface area (Å²) in [7, 11) is 1.62. The summed E-state index contributed by atoms with van der Waals surface area (Å²) in [5.41, 5.74) is 2.54. The van der Waals surface area contributed by atoms with Gasteiger partial charge in [-0.2, -0.15) is 5.10 Å². The third-order valence-electron chi connectivity index (χ3n) is 6.50. The predicted molar refractivity (Wildman–Crippen MR) is 136 cm³/mol. The number of halogens is 1. The molecule has 2 N–H and O–H groups in total. The maximum atomic E-state index is 13.4. The number of hydrogen-bond acceptors (Lipinski definition) is 5. The van der Waals surface area contributed by atoms with Gasteiger partial charge in [0.25, 0.3) is 0 Å². The number of fused-ring (bicyclic) bond motifs is 1. The fraction of sp³-hybridized carbons (Fsp3) is 0.286. The summed E-state index contributed by atoms with van der Waals surface area (Å²) in [5.74, 6) is 1.05. The third kappa shape index (κ3) is 5.04. The molecule has 5 rings (SSSR count). The summed E-state index contributed by atoms with van der Waals surface area (Å²) in [6.45, 7) is 2.80. The molecule has 0 radical (unpaired) electrons. The van der Waals surface area contributed by atoms with Gasteiger partial charge in [0.15, 0.2) is 0 Å². The first-order valence-corrected chi connectivity index (χ1v) is 12.1. The zero-order valence-electron chi connectivity index (χ0n) is 20.3. The molecule has 8 heteroatoms. The maximum absolute atomic E-state index is 13.4. The van der Waals surface area contributed by atoms with Crippen molar-refractivity contribution in [1.82, 2.24) is 20.4 Å². The first kappa shape index (κ1) is 23.8. The lowest BCUT2D eigenvalue weighted by molar-refractivity contribution is -0.124. The van der Waals surface area contributed by atoms with Crippen molar-refractivity contribution in [3.63, 3.8) is 0 Å². The Morgan fingerprint density at radius 1 is 1.14 bits per heavy atom. The van der Waals surface area contributed by atoms with E-state index in [0.29, 0.717) is 11.5 Å². The second-order valence-corrected chi connectivity index (χ2v) is 9.01. The summed E-state index contributed by atoms with van der Waals surface area (Å²) >= 11 is 0. The Kier molecular flexibility index (Phi) is 6.86. The van der Waals surface area contributed by atoms with Crippen LogP contribution < -0.4 is 20.1 Å². The van der Waals surface area contributed by atoms with E-state index in [1.165, 1.54) is 12.1 Å². The van der Waals surface area contributed by atoms with Crippen molar-refractivity contribution in [2.24, 2.45) is 0 Å². The fourth-order valence-corrected chi connectivity index (χ4v) is 4.61. The molecule has 4 aromatic rings. The van der Waals surface area contributed by atoms with Gasteiger partial charge in [0, 0.05) is 5.39 Å². The molecule has 36 heavy (non-hydrogen) atoms.